The lowest BCUT2D eigenvalue weighted by Gasteiger charge is -2.12. The van der Waals surface area contributed by atoms with Crippen molar-refractivity contribution in [3.05, 3.63) is 28.8 Å². The Morgan fingerprint density at radius 1 is 1.50 bits per heavy atom. The van der Waals surface area contributed by atoms with Crippen LogP contribution >= 0.6 is 11.6 Å². The molecule has 0 saturated carbocycles. The van der Waals surface area contributed by atoms with Crippen molar-refractivity contribution in [2.45, 2.75) is 12.6 Å². The van der Waals surface area contributed by atoms with Gasteiger partial charge in [-0.1, -0.05) is 17.7 Å². The van der Waals surface area contributed by atoms with Crippen LogP contribution in [-0.4, -0.2) is 36.6 Å². The van der Waals surface area contributed by atoms with E-state index in [1.807, 2.05) is 12.1 Å². The number of hydrogen-bond acceptors (Lipinski definition) is 4. The number of aliphatic hydroxyl groups excluding tert-OH is 2. The van der Waals surface area contributed by atoms with Crippen LogP contribution in [0, 0.1) is 0 Å². The van der Waals surface area contributed by atoms with E-state index in [2.05, 4.69) is 5.32 Å². The largest absolute Gasteiger partial charge is 0.496 e. The van der Waals surface area contributed by atoms with Gasteiger partial charge in [-0.2, -0.15) is 0 Å². The number of hydrogen-bond donors (Lipinski definition) is 3. The summed E-state index contributed by atoms with van der Waals surface area (Å²) in [7, 11) is 1.58. The Bertz CT molecular complexity index is 333. The van der Waals surface area contributed by atoms with Gasteiger partial charge in [-0.25, -0.2) is 0 Å². The Labute approximate surface area is 99.8 Å². The van der Waals surface area contributed by atoms with Crippen molar-refractivity contribution in [2.75, 3.05) is 20.3 Å². The number of methoxy groups -OCH3 is 1. The minimum absolute atomic E-state index is 0.257. The van der Waals surface area contributed by atoms with E-state index in [1.54, 1.807) is 13.2 Å². The second kappa shape index (κ2) is 6.70. The van der Waals surface area contributed by atoms with Crippen LogP contribution in [0.4, 0.5) is 0 Å². The molecule has 1 aromatic rings. The van der Waals surface area contributed by atoms with Crippen LogP contribution in [0.25, 0.3) is 0 Å². The predicted molar refractivity (Wildman–Crippen MR) is 62.8 cm³/mol. The van der Waals surface area contributed by atoms with Gasteiger partial charge in [-0.05, 0) is 12.1 Å². The maximum atomic E-state index is 9.15. The molecule has 5 heteroatoms. The molecule has 1 aromatic carbocycles. The van der Waals surface area contributed by atoms with Crippen LogP contribution in [0.2, 0.25) is 5.02 Å². The summed E-state index contributed by atoms with van der Waals surface area (Å²) in [6.45, 7) is 0.539. The van der Waals surface area contributed by atoms with E-state index in [0.29, 0.717) is 23.9 Å². The quantitative estimate of drug-likeness (QED) is 0.694. The summed E-state index contributed by atoms with van der Waals surface area (Å²) in [5.41, 5.74) is 0.844. The molecule has 0 spiro atoms. The fourth-order valence-corrected chi connectivity index (χ4v) is 1.56. The number of ether oxygens (including phenoxy) is 1. The summed E-state index contributed by atoms with van der Waals surface area (Å²) in [5.74, 6) is 0.707. The molecule has 16 heavy (non-hydrogen) atoms. The Morgan fingerprint density at radius 3 is 2.88 bits per heavy atom. The van der Waals surface area contributed by atoms with Gasteiger partial charge in [0.25, 0.3) is 0 Å². The Kier molecular flexibility index (Phi) is 5.55. The normalized spacial score (nSPS) is 12.5. The van der Waals surface area contributed by atoms with E-state index >= 15 is 0 Å². The predicted octanol–water partition coefficient (Wildman–Crippen LogP) is 0.791. The van der Waals surface area contributed by atoms with Gasteiger partial charge < -0.3 is 20.3 Å². The number of rotatable bonds is 6. The van der Waals surface area contributed by atoms with Gasteiger partial charge in [0.1, 0.15) is 5.75 Å². The van der Waals surface area contributed by atoms with Crippen molar-refractivity contribution in [1.82, 2.24) is 5.32 Å². The monoisotopic (exact) mass is 245 g/mol. The first-order valence-corrected chi connectivity index (χ1v) is 5.37. The van der Waals surface area contributed by atoms with Crippen molar-refractivity contribution in [2.24, 2.45) is 0 Å². The highest BCUT2D eigenvalue weighted by atomic mass is 35.5. The third-order valence-corrected chi connectivity index (χ3v) is 2.54. The third kappa shape index (κ3) is 3.64. The molecule has 0 aliphatic rings. The zero-order valence-electron chi connectivity index (χ0n) is 9.11. The van der Waals surface area contributed by atoms with Gasteiger partial charge in [-0.15, -0.1) is 0 Å². The molecule has 1 unspecified atom stereocenters. The van der Waals surface area contributed by atoms with Gasteiger partial charge in [-0.3, -0.25) is 0 Å². The second-order valence-electron chi connectivity index (χ2n) is 3.39. The van der Waals surface area contributed by atoms with Gasteiger partial charge in [0, 0.05) is 23.7 Å². The van der Waals surface area contributed by atoms with E-state index in [-0.39, 0.29) is 6.61 Å². The fraction of sp³-hybridized carbons (Fsp3) is 0.455. The Hall–Kier alpha value is -0.810. The second-order valence-corrected chi connectivity index (χ2v) is 3.80. The van der Waals surface area contributed by atoms with Gasteiger partial charge in [0.05, 0.1) is 19.8 Å². The summed E-state index contributed by atoms with van der Waals surface area (Å²) >= 11 is 6.03. The molecule has 0 amide bonds. The van der Waals surface area contributed by atoms with E-state index in [4.69, 9.17) is 26.6 Å². The van der Waals surface area contributed by atoms with E-state index < -0.39 is 6.10 Å². The minimum Gasteiger partial charge on any atom is -0.496 e. The highest BCUT2D eigenvalue weighted by Crippen LogP contribution is 2.25. The molecular weight excluding hydrogens is 230 g/mol. The molecule has 0 fully saturated rings. The summed E-state index contributed by atoms with van der Waals surface area (Å²) < 4.78 is 5.17. The number of benzene rings is 1. The van der Waals surface area contributed by atoms with Gasteiger partial charge in [0.15, 0.2) is 0 Å². The van der Waals surface area contributed by atoms with Crippen LogP contribution in [0.3, 0.4) is 0 Å². The Morgan fingerprint density at radius 2 is 2.25 bits per heavy atom. The van der Waals surface area contributed by atoms with Crippen molar-refractivity contribution >= 4 is 11.6 Å². The summed E-state index contributed by atoms with van der Waals surface area (Å²) in [5, 5.41) is 21.4. The highest BCUT2D eigenvalue weighted by molar-refractivity contribution is 6.31. The topological polar surface area (TPSA) is 61.7 Å². The zero-order valence-corrected chi connectivity index (χ0v) is 9.87. The molecule has 0 aliphatic heterocycles. The molecule has 1 rings (SSSR count). The standard InChI is InChI=1S/C11H16ClNO3/c1-16-11-4-2-3-10(12)9(11)6-13-5-8(15)7-14/h2-4,8,13-15H,5-7H2,1H3. The smallest absolute Gasteiger partial charge is 0.124 e. The third-order valence-electron chi connectivity index (χ3n) is 2.19. The van der Waals surface area contributed by atoms with Crippen molar-refractivity contribution in [1.29, 1.82) is 0 Å². The van der Waals surface area contributed by atoms with Crippen LogP contribution in [-0.2, 0) is 6.54 Å². The molecule has 0 aromatic heterocycles. The van der Waals surface area contributed by atoms with Gasteiger partial charge >= 0.3 is 0 Å². The fourth-order valence-electron chi connectivity index (χ4n) is 1.33. The first-order chi connectivity index (χ1) is 7.69. The molecule has 1 atom stereocenters. The molecular formula is C11H16ClNO3. The van der Waals surface area contributed by atoms with E-state index in [1.165, 1.54) is 0 Å². The molecule has 0 radical (unpaired) electrons. The first-order valence-electron chi connectivity index (χ1n) is 5.00. The number of aliphatic hydroxyl groups is 2. The number of halogens is 1. The highest BCUT2D eigenvalue weighted by Gasteiger charge is 2.08. The van der Waals surface area contributed by atoms with Crippen LogP contribution in [0.15, 0.2) is 18.2 Å². The molecule has 4 nitrogen and oxygen atoms in total. The molecule has 0 heterocycles. The molecule has 0 aliphatic carbocycles. The average Bonchev–Trinajstić information content (AvgIpc) is 2.30. The first kappa shape index (κ1) is 13.3. The summed E-state index contributed by atoms with van der Waals surface area (Å²) in [6.07, 6.45) is -0.756. The van der Waals surface area contributed by atoms with Crippen LogP contribution in [0.1, 0.15) is 5.56 Å². The van der Waals surface area contributed by atoms with E-state index in [0.717, 1.165) is 5.56 Å². The number of nitrogens with one attached hydrogen (secondary N) is 1. The summed E-state index contributed by atoms with van der Waals surface area (Å²) in [6, 6.07) is 5.42. The molecule has 0 bridgehead atoms. The molecule has 0 saturated heterocycles. The molecule has 3 N–H and O–H groups in total. The maximum absolute atomic E-state index is 9.15. The zero-order chi connectivity index (χ0) is 12.0. The average molecular weight is 246 g/mol. The van der Waals surface area contributed by atoms with Crippen LogP contribution < -0.4 is 10.1 Å². The lowest BCUT2D eigenvalue weighted by atomic mass is 10.2. The van der Waals surface area contributed by atoms with Gasteiger partial charge in [0.2, 0.25) is 0 Å². The van der Waals surface area contributed by atoms with Crippen molar-refractivity contribution < 1.29 is 14.9 Å². The lowest BCUT2D eigenvalue weighted by Crippen LogP contribution is -2.29. The lowest BCUT2D eigenvalue weighted by molar-refractivity contribution is 0.0942. The van der Waals surface area contributed by atoms with Crippen molar-refractivity contribution in [3.8, 4) is 5.75 Å². The van der Waals surface area contributed by atoms with Crippen LogP contribution in [0.5, 0.6) is 5.75 Å². The van der Waals surface area contributed by atoms with E-state index in [9.17, 15) is 0 Å². The molecule has 90 valence electrons. The Balaban J connectivity index is 2.59. The summed E-state index contributed by atoms with van der Waals surface area (Å²) in [4.78, 5) is 0. The minimum atomic E-state index is -0.756. The maximum Gasteiger partial charge on any atom is 0.124 e. The van der Waals surface area contributed by atoms with Crippen molar-refractivity contribution in [3.63, 3.8) is 0 Å². The SMILES string of the molecule is COc1cccc(Cl)c1CNCC(O)CO.